The smallest absolute Gasteiger partial charge is 0.315 e. The number of imide groups is 1. The van der Waals surface area contributed by atoms with E-state index in [0.29, 0.717) is 44.6 Å². The van der Waals surface area contributed by atoms with Gasteiger partial charge in [0.15, 0.2) is 0 Å². The van der Waals surface area contributed by atoms with Gasteiger partial charge in [-0.05, 0) is 67.1 Å². The third-order valence-electron chi connectivity index (χ3n) is 11.6. The van der Waals surface area contributed by atoms with Crippen LogP contribution in [-0.4, -0.2) is 95.0 Å². The van der Waals surface area contributed by atoms with Crippen LogP contribution in [0.25, 0.3) is 0 Å². The van der Waals surface area contributed by atoms with Crippen molar-refractivity contribution in [3.63, 3.8) is 0 Å². The van der Waals surface area contributed by atoms with Crippen molar-refractivity contribution in [1.29, 1.82) is 0 Å². The van der Waals surface area contributed by atoms with Crippen LogP contribution in [0.3, 0.4) is 0 Å². The van der Waals surface area contributed by atoms with Crippen molar-refractivity contribution in [3.05, 3.63) is 12.7 Å². The first-order valence-corrected chi connectivity index (χ1v) is 19.9. The molecule has 13 heteroatoms. The minimum atomic E-state index is -1.01. The molecule has 0 aromatic carbocycles. The maximum atomic E-state index is 14.9. The number of nitrogens with zero attached hydrogens (tertiary/aromatic N) is 2. The molecule has 2 saturated heterocycles. The van der Waals surface area contributed by atoms with Crippen LogP contribution in [0.4, 0.5) is 4.79 Å². The van der Waals surface area contributed by atoms with Crippen LogP contribution in [0.5, 0.6) is 0 Å². The molecule has 4 fully saturated rings. The van der Waals surface area contributed by atoms with Gasteiger partial charge in [0.1, 0.15) is 12.1 Å². The Morgan fingerprint density at radius 2 is 1.55 bits per heavy atom. The van der Waals surface area contributed by atoms with E-state index in [1.54, 1.807) is 4.90 Å². The molecule has 2 aliphatic carbocycles. The quantitative estimate of drug-likeness (QED) is 0.105. The lowest BCUT2D eigenvalue weighted by Gasteiger charge is -2.43. The lowest BCUT2D eigenvalue weighted by Crippen LogP contribution is -2.63. The average Bonchev–Trinajstić information content (AvgIpc) is 3.81. The van der Waals surface area contributed by atoms with Crippen molar-refractivity contribution in [2.75, 3.05) is 19.6 Å². The van der Waals surface area contributed by atoms with Gasteiger partial charge in [0.05, 0.1) is 12.1 Å². The number of ketones is 1. The van der Waals surface area contributed by atoms with E-state index in [-0.39, 0.29) is 55.5 Å². The van der Waals surface area contributed by atoms with E-state index in [0.717, 1.165) is 38.5 Å². The Bertz CT molecular complexity index is 1380. The Labute approximate surface area is 315 Å². The summed E-state index contributed by atoms with van der Waals surface area (Å²) >= 11 is 0. The molecule has 5 atom stereocenters. The van der Waals surface area contributed by atoms with E-state index in [4.69, 9.17) is 0 Å². The van der Waals surface area contributed by atoms with Gasteiger partial charge in [-0.3, -0.25) is 33.7 Å². The zero-order valence-electron chi connectivity index (χ0n) is 32.9. The van der Waals surface area contributed by atoms with Crippen LogP contribution < -0.4 is 21.3 Å². The second-order valence-electron chi connectivity index (χ2n) is 17.8. The second-order valence-corrected chi connectivity index (χ2v) is 17.8. The summed E-state index contributed by atoms with van der Waals surface area (Å²) in [7, 11) is 0. The molecule has 2 unspecified atom stereocenters. The van der Waals surface area contributed by atoms with Crippen molar-refractivity contribution in [2.45, 2.75) is 149 Å². The van der Waals surface area contributed by atoms with Crippen LogP contribution in [0, 0.1) is 28.6 Å². The van der Waals surface area contributed by atoms with E-state index in [1.807, 2.05) is 27.7 Å². The Kier molecular flexibility index (Phi) is 14.3. The fourth-order valence-electron chi connectivity index (χ4n) is 8.25. The molecule has 4 N–H and O–H groups in total. The van der Waals surface area contributed by atoms with Crippen LogP contribution in [-0.2, 0) is 28.8 Å². The molecule has 2 heterocycles. The number of rotatable bonds is 16. The second kappa shape index (κ2) is 18.0. The molecule has 2 aliphatic heterocycles. The summed E-state index contributed by atoms with van der Waals surface area (Å²) in [5.74, 6) is -2.24. The predicted molar refractivity (Wildman–Crippen MR) is 201 cm³/mol. The van der Waals surface area contributed by atoms with Gasteiger partial charge in [0.25, 0.3) is 5.91 Å². The number of piperidine rings is 1. The van der Waals surface area contributed by atoms with Gasteiger partial charge >= 0.3 is 6.03 Å². The first-order chi connectivity index (χ1) is 24.9. The predicted octanol–water partition coefficient (Wildman–Crippen LogP) is 4.00. The lowest BCUT2D eigenvalue weighted by molar-refractivity contribution is -0.148. The first kappa shape index (κ1) is 42.0. The monoisotopic (exact) mass is 740 g/mol. The summed E-state index contributed by atoms with van der Waals surface area (Å²) in [5.41, 5.74) is -1.11. The van der Waals surface area contributed by atoms with Crippen LogP contribution in [0.1, 0.15) is 125 Å². The largest absolute Gasteiger partial charge is 0.346 e. The fourth-order valence-corrected chi connectivity index (χ4v) is 8.25. The van der Waals surface area contributed by atoms with Crippen molar-refractivity contribution < 1.29 is 33.6 Å². The molecule has 0 aromatic heterocycles. The summed E-state index contributed by atoms with van der Waals surface area (Å²) in [6.45, 7) is 16.1. The average molecular weight is 741 g/mol. The number of carbonyl (C=O) groups excluding carboxylic acids is 7. The topological polar surface area (TPSA) is 174 Å². The fraction of sp³-hybridized carbons (Fsp3) is 0.775. The number of likely N-dealkylation sites (tertiary alicyclic amines) is 2. The number of hydrogen-bond donors (Lipinski definition) is 4. The number of amides is 7. The summed E-state index contributed by atoms with van der Waals surface area (Å²) in [6.07, 6.45) is 10.2. The summed E-state index contributed by atoms with van der Waals surface area (Å²) in [4.78, 5) is 97.2. The van der Waals surface area contributed by atoms with Gasteiger partial charge in [-0.25, -0.2) is 4.79 Å². The number of hydrogen-bond acceptors (Lipinski definition) is 7. The van der Waals surface area contributed by atoms with Gasteiger partial charge < -0.3 is 26.2 Å². The van der Waals surface area contributed by atoms with E-state index >= 15 is 0 Å². The molecule has 2 saturated carbocycles. The summed E-state index contributed by atoms with van der Waals surface area (Å²) in [5, 5.41) is 11.4. The summed E-state index contributed by atoms with van der Waals surface area (Å²) in [6, 6.07) is -4.01. The van der Waals surface area contributed by atoms with E-state index in [9.17, 15) is 33.6 Å². The Morgan fingerprint density at radius 1 is 0.906 bits per heavy atom. The van der Waals surface area contributed by atoms with Crippen molar-refractivity contribution in [2.24, 2.45) is 28.6 Å². The highest BCUT2D eigenvalue weighted by atomic mass is 16.2. The molecule has 13 nitrogen and oxygen atoms in total. The molecule has 53 heavy (non-hydrogen) atoms. The van der Waals surface area contributed by atoms with Gasteiger partial charge in [-0.2, -0.15) is 0 Å². The number of Topliss-reactive ketones (excluding diaryl/α,β-unsaturated/α-hetero) is 1. The van der Waals surface area contributed by atoms with Crippen LogP contribution in [0.2, 0.25) is 0 Å². The van der Waals surface area contributed by atoms with Crippen molar-refractivity contribution in [3.8, 4) is 0 Å². The highest BCUT2D eigenvalue weighted by Crippen LogP contribution is 2.41. The summed E-state index contributed by atoms with van der Waals surface area (Å²) < 4.78 is 0. The minimum Gasteiger partial charge on any atom is -0.346 e. The number of nitrogens with one attached hydrogen (secondary N) is 4. The van der Waals surface area contributed by atoms with E-state index in [1.165, 1.54) is 11.0 Å². The third-order valence-corrected chi connectivity index (χ3v) is 11.6. The molecular weight excluding hydrogens is 676 g/mol. The van der Waals surface area contributed by atoms with Crippen LogP contribution >= 0.6 is 0 Å². The van der Waals surface area contributed by atoms with Crippen molar-refractivity contribution >= 4 is 41.4 Å². The van der Waals surface area contributed by atoms with Gasteiger partial charge in [0.2, 0.25) is 29.4 Å². The van der Waals surface area contributed by atoms with Crippen molar-refractivity contribution in [1.82, 2.24) is 31.1 Å². The molecule has 0 aromatic rings. The van der Waals surface area contributed by atoms with Gasteiger partial charge in [-0.1, -0.05) is 79.7 Å². The highest BCUT2D eigenvalue weighted by molar-refractivity contribution is 6.38. The maximum Gasteiger partial charge on any atom is 0.315 e. The van der Waals surface area contributed by atoms with E-state index < -0.39 is 58.6 Å². The number of carbonyl (C=O) groups is 7. The molecular formula is C40H64N6O7. The zero-order valence-corrected chi connectivity index (χ0v) is 32.9. The SMILES string of the molecule is C=CCNC(=O)C(=O)C(CC1CC1)NC(=O)[C@@H]1CC(CC(C)C)CN1C(=O)[C@@H](NC(=O)N[C@H](CN1C(=O)CCCC1=O)C(C)(C)C)C1(C)CCCCC1. The first-order valence-electron chi connectivity index (χ1n) is 19.9. The Hall–Kier alpha value is -3.77. The molecule has 0 spiro atoms. The standard InChI is InChI=1S/C40H64N6O7/c1-8-19-41-36(51)33(49)28(21-26-15-16-26)42-35(50)29-22-27(20-25(2)3)23-45(29)37(52)34(40(7)17-10-9-11-18-40)44-38(53)43-30(39(4,5)6)24-46-31(47)13-12-14-32(46)48/h8,25-30,34H,1,9-24H2,2-7H3,(H,41,51)(H,42,50)(H2,43,44,53)/t27?,28?,29-,30+,34+/m0/s1. The highest BCUT2D eigenvalue weighted by Gasteiger charge is 2.49. The number of urea groups is 1. The Balaban J connectivity index is 1.59. The molecule has 0 radical (unpaired) electrons. The Morgan fingerprint density at radius 3 is 2.11 bits per heavy atom. The zero-order chi connectivity index (χ0) is 39.1. The van der Waals surface area contributed by atoms with Crippen LogP contribution in [0.15, 0.2) is 12.7 Å². The molecule has 4 rings (SSSR count). The van der Waals surface area contributed by atoms with Gasteiger partial charge in [0, 0.05) is 32.5 Å². The minimum absolute atomic E-state index is 0.0294. The van der Waals surface area contributed by atoms with E-state index in [2.05, 4.69) is 41.7 Å². The molecule has 4 aliphatic rings. The normalized spacial score (nSPS) is 23.5. The third kappa shape index (κ3) is 11.4. The molecule has 296 valence electrons. The maximum absolute atomic E-state index is 14.9. The van der Waals surface area contributed by atoms with Gasteiger partial charge in [-0.15, -0.1) is 6.58 Å². The molecule has 0 bridgehead atoms. The lowest BCUT2D eigenvalue weighted by atomic mass is 9.70. The molecule has 7 amide bonds.